The second kappa shape index (κ2) is 7.04. The van der Waals surface area contributed by atoms with Crippen molar-refractivity contribution in [2.45, 2.75) is 32.3 Å². The van der Waals surface area contributed by atoms with Gasteiger partial charge in [0.25, 0.3) is 0 Å². The third-order valence-electron chi connectivity index (χ3n) is 5.20. The van der Waals surface area contributed by atoms with Crippen molar-refractivity contribution in [1.82, 2.24) is 18.9 Å². The Balaban J connectivity index is 1.40. The Hall–Kier alpha value is -3.12. The fourth-order valence-corrected chi connectivity index (χ4v) is 3.58. The summed E-state index contributed by atoms with van der Waals surface area (Å²) >= 11 is 5.89. The van der Waals surface area contributed by atoms with Crippen molar-refractivity contribution < 1.29 is 4.74 Å². The van der Waals surface area contributed by atoms with Crippen LogP contribution in [-0.2, 0) is 6.61 Å². The van der Waals surface area contributed by atoms with E-state index >= 15 is 0 Å². The van der Waals surface area contributed by atoms with E-state index in [1.165, 1.54) is 23.1 Å². The maximum Gasteiger partial charge on any atom is 0.355 e. The van der Waals surface area contributed by atoms with Gasteiger partial charge in [-0.05, 0) is 49.6 Å². The summed E-state index contributed by atoms with van der Waals surface area (Å²) < 4.78 is 9.19. The lowest BCUT2D eigenvalue weighted by Gasteiger charge is -2.09. The lowest BCUT2D eigenvalue weighted by Crippen LogP contribution is -2.21. The molecule has 0 radical (unpaired) electrons. The van der Waals surface area contributed by atoms with Crippen molar-refractivity contribution in [2.75, 3.05) is 0 Å². The van der Waals surface area contributed by atoms with Gasteiger partial charge in [0.05, 0.1) is 11.4 Å². The molecule has 0 bridgehead atoms. The number of rotatable bonds is 5. The van der Waals surface area contributed by atoms with Crippen LogP contribution in [0.2, 0.25) is 5.02 Å². The molecule has 0 atom stereocenters. The van der Waals surface area contributed by atoms with Gasteiger partial charge in [0.1, 0.15) is 12.3 Å². The van der Waals surface area contributed by atoms with Gasteiger partial charge in [-0.25, -0.2) is 9.78 Å². The van der Waals surface area contributed by atoms with Gasteiger partial charge < -0.3 is 9.14 Å². The predicted octanol–water partition coefficient (Wildman–Crippen LogP) is 4.30. The van der Waals surface area contributed by atoms with E-state index in [0.29, 0.717) is 17.5 Å². The number of imidazole rings is 1. The molecule has 0 saturated heterocycles. The van der Waals surface area contributed by atoms with Crippen LogP contribution >= 0.6 is 11.6 Å². The minimum Gasteiger partial charge on any atom is -0.473 e. The van der Waals surface area contributed by atoms with Crippen LogP contribution in [0.15, 0.2) is 59.7 Å². The normalized spacial score (nSPS) is 13.7. The van der Waals surface area contributed by atoms with Crippen LogP contribution in [0.25, 0.3) is 11.3 Å². The van der Waals surface area contributed by atoms with Crippen LogP contribution in [0.3, 0.4) is 0 Å². The van der Waals surface area contributed by atoms with Gasteiger partial charge in [0.2, 0.25) is 5.88 Å². The topological polar surface area (TPSA) is 61.4 Å². The molecule has 1 aliphatic carbocycles. The number of hydrogen-bond acceptors (Lipinski definition) is 4. The molecule has 1 saturated carbocycles. The number of fused-ring (bicyclic) bond motifs is 1. The molecule has 4 aromatic rings. The van der Waals surface area contributed by atoms with Crippen LogP contribution in [0.5, 0.6) is 5.88 Å². The van der Waals surface area contributed by atoms with Crippen molar-refractivity contribution >= 4 is 17.2 Å². The lowest BCUT2D eigenvalue weighted by atomic mass is 10.2. The molecule has 1 fully saturated rings. The second-order valence-corrected chi connectivity index (χ2v) is 7.74. The summed E-state index contributed by atoms with van der Waals surface area (Å²) in [6.45, 7) is 2.39. The van der Waals surface area contributed by atoms with Crippen LogP contribution in [0.4, 0.5) is 0 Å². The highest BCUT2D eigenvalue weighted by Gasteiger charge is 2.28. The van der Waals surface area contributed by atoms with E-state index in [-0.39, 0.29) is 5.88 Å². The first kappa shape index (κ1) is 17.9. The molecule has 0 aliphatic heterocycles. The Morgan fingerprint density at radius 3 is 2.62 bits per heavy atom. The Morgan fingerprint density at radius 2 is 1.90 bits per heavy atom. The van der Waals surface area contributed by atoms with Crippen molar-refractivity contribution in [3.05, 3.63) is 87.3 Å². The Kier molecular flexibility index (Phi) is 4.36. The quantitative estimate of drug-likeness (QED) is 0.495. The van der Waals surface area contributed by atoms with E-state index in [1.54, 1.807) is 24.4 Å². The third-order valence-corrected chi connectivity index (χ3v) is 5.45. The van der Waals surface area contributed by atoms with Gasteiger partial charge in [-0.2, -0.15) is 4.98 Å². The molecule has 1 aromatic carbocycles. The van der Waals surface area contributed by atoms with E-state index in [4.69, 9.17) is 21.3 Å². The highest BCUT2D eigenvalue weighted by molar-refractivity contribution is 6.30. The summed E-state index contributed by atoms with van der Waals surface area (Å²) in [5.74, 6) is 0.872. The minimum absolute atomic E-state index is 0.289. The maximum atomic E-state index is 12.6. The summed E-state index contributed by atoms with van der Waals surface area (Å²) in [6, 6.07) is 12.9. The zero-order valence-corrected chi connectivity index (χ0v) is 16.6. The van der Waals surface area contributed by atoms with Crippen molar-refractivity contribution in [3.8, 4) is 11.6 Å². The average Bonchev–Trinajstić information content (AvgIpc) is 3.52. The fraction of sp³-hybridized carbons (Fsp3) is 0.227. The number of aryl methyl sites for hydroxylation is 1. The maximum absolute atomic E-state index is 12.6. The molecule has 3 heterocycles. The van der Waals surface area contributed by atoms with Crippen molar-refractivity contribution in [1.29, 1.82) is 0 Å². The summed E-state index contributed by atoms with van der Waals surface area (Å²) in [5.41, 5.74) is 4.50. The molecule has 146 valence electrons. The van der Waals surface area contributed by atoms with Gasteiger partial charge in [-0.3, -0.25) is 4.57 Å². The molecule has 6 nitrogen and oxygen atoms in total. The first-order valence-corrected chi connectivity index (χ1v) is 9.92. The zero-order valence-electron chi connectivity index (χ0n) is 15.9. The summed E-state index contributed by atoms with van der Waals surface area (Å²) in [6.07, 6.45) is 6.03. The SMILES string of the molecule is Cc1c(C2CC2)nc2ccc(-n3ccc(OCc4ccc(Cl)cc4)nc3=O)cn12. The number of ether oxygens (including phenoxy) is 1. The van der Waals surface area contributed by atoms with Gasteiger partial charge >= 0.3 is 5.69 Å². The smallest absolute Gasteiger partial charge is 0.355 e. The van der Waals surface area contributed by atoms with E-state index in [2.05, 4.69) is 11.9 Å². The predicted molar refractivity (Wildman–Crippen MR) is 111 cm³/mol. The number of halogens is 1. The summed E-state index contributed by atoms with van der Waals surface area (Å²) in [4.78, 5) is 21.4. The van der Waals surface area contributed by atoms with Crippen LogP contribution in [0.1, 0.15) is 35.7 Å². The van der Waals surface area contributed by atoms with Gasteiger partial charge in [-0.1, -0.05) is 23.7 Å². The van der Waals surface area contributed by atoms with Crippen LogP contribution in [-0.4, -0.2) is 18.9 Å². The standard InChI is InChI=1S/C22H19ClN4O2/c1-14-21(16-4-5-16)24-19-9-8-18(12-27(14)19)26-11-10-20(25-22(26)28)29-13-15-2-6-17(23)7-3-15/h2-3,6-12,16H,4-5,13H2,1H3. The highest BCUT2D eigenvalue weighted by Crippen LogP contribution is 2.41. The van der Waals surface area contributed by atoms with E-state index in [9.17, 15) is 4.79 Å². The highest BCUT2D eigenvalue weighted by atomic mass is 35.5. The number of nitrogens with zero attached hydrogens (tertiary/aromatic N) is 4. The molecule has 29 heavy (non-hydrogen) atoms. The summed E-state index contributed by atoms with van der Waals surface area (Å²) in [5, 5.41) is 0.670. The van der Waals surface area contributed by atoms with E-state index in [0.717, 1.165) is 22.6 Å². The largest absolute Gasteiger partial charge is 0.473 e. The van der Waals surface area contributed by atoms with Crippen LogP contribution in [0, 0.1) is 6.92 Å². The minimum atomic E-state index is -0.391. The summed E-state index contributed by atoms with van der Waals surface area (Å²) in [7, 11) is 0. The number of hydrogen-bond donors (Lipinski definition) is 0. The molecule has 0 amide bonds. The molecular formula is C22H19ClN4O2. The second-order valence-electron chi connectivity index (χ2n) is 7.31. The van der Waals surface area contributed by atoms with Gasteiger partial charge in [-0.15, -0.1) is 0 Å². The molecule has 0 spiro atoms. The monoisotopic (exact) mass is 406 g/mol. The third kappa shape index (κ3) is 3.51. The number of benzene rings is 1. The molecule has 7 heteroatoms. The molecule has 0 N–H and O–H groups in total. The lowest BCUT2D eigenvalue weighted by molar-refractivity contribution is 0.291. The number of pyridine rings is 1. The molecule has 3 aromatic heterocycles. The van der Waals surface area contributed by atoms with Gasteiger partial charge in [0.15, 0.2) is 0 Å². The first-order valence-electron chi connectivity index (χ1n) is 9.54. The van der Waals surface area contributed by atoms with E-state index in [1.807, 2.05) is 34.9 Å². The Labute approximate surface area is 172 Å². The van der Waals surface area contributed by atoms with Crippen LogP contribution < -0.4 is 10.4 Å². The Bertz CT molecular complexity index is 1260. The zero-order chi connectivity index (χ0) is 20.0. The fourth-order valence-electron chi connectivity index (χ4n) is 3.46. The molecular weight excluding hydrogens is 388 g/mol. The molecule has 1 aliphatic rings. The van der Waals surface area contributed by atoms with Crippen molar-refractivity contribution in [3.63, 3.8) is 0 Å². The van der Waals surface area contributed by atoms with Gasteiger partial charge in [0, 0.05) is 35.1 Å². The van der Waals surface area contributed by atoms with E-state index < -0.39 is 5.69 Å². The number of aromatic nitrogens is 4. The molecule has 5 rings (SSSR count). The Morgan fingerprint density at radius 1 is 1.10 bits per heavy atom. The average molecular weight is 407 g/mol. The molecule has 0 unspecified atom stereocenters. The first-order chi connectivity index (χ1) is 14.1. The van der Waals surface area contributed by atoms with Crippen molar-refractivity contribution in [2.24, 2.45) is 0 Å².